The summed E-state index contributed by atoms with van der Waals surface area (Å²) < 4.78 is 25.5. The molecule has 0 atom stereocenters. The zero-order valence-corrected chi connectivity index (χ0v) is 17.2. The first-order chi connectivity index (χ1) is 12.2. The minimum absolute atomic E-state index is 0.243. The van der Waals surface area contributed by atoms with Gasteiger partial charge in [-0.1, -0.05) is 17.7 Å². The quantitative estimate of drug-likeness (QED) is 0.760. The first kappa shape index (κ1) is 21.0. The molecule has 0 radical (unpaired) electrons. The average molecular weight is 402 g/mol. The van der Waals surface area contributed by atoms with Crippen molar-refractivity contribution in [3.05, 3.63) is 28.8 Å². The molecule has 0 saturated carbocycles. The third-order valence-electron chi connectivity index (χ3n) is 4.91. The van der Waals surface area contributed by atoms with Gasteiger partial charge >= 0.3 is 0 Å². The van der Waals surface area contributed by atoms with Crippen LogP contribution in [0.1, 0.15) is 24.8 Å². The van der Waals surface area contributed by atoms with E-state index < -0.39 is 10.0 Å². The van der Waals surface area contributed by atoms with Crippen molar-refractivity contribution in [3.8, 4) is 0 Å². The highest BCUT2D eigenvalue weighted by Crippen LogP contribution is 2.28. The molecule has 0 aromatic heterocycles. The Morgan fingerprint density at radius 3 is 2.62 bits per heavy atom. The van der Waals surface area contributed by atoms with Crippen molar-refractivity contribution in [1.29, 1.82) is 0 Å². The maximum atomic E-state index is 12.3. The lowest BCUT2D eigenvalue weighted by Crippen LogP contribution is -2.41. The molecule has 0 spiro atoms. The molecule has 26 heavy (non-hydrogen) atoms. The smallest absolute Gasteiger partial charge is 0.240 e. The molecule has 1 heterocycles. The molecule has 0 unspecified atom stereocenters. The SMILES string of the molecule is Cc1c(Cl)cccc1N(CC(=O)NCCC1CCN(C)CC1)S(C)(=O)=O. The predicted octanol–water partition coefficient (Wildman–Crippen LogP) is 2.26. The van der Waals surface area contributed by atoms with Gasteiger partial charge in [0.15, 0.2) is 0 Å². The Morgan fingerprint density at radius 2 is 2.00 bits per heavy atom. The highest BCUT2D eigenvalue weighted by Gasteiger charge is 2.23. The fourth-order valence-electron chi connectivity index (χ4n) is 3.20. The first-order valence-corrected chi connectivity index (χ1v) is 11.1. The molecule has 1 saturated heterocycles. The van der Waals surface area contributed by atoms with Gasteiger partial charge in [0.1, 0.15) is 6.54 Å². The van der Waals surface area contributed by atoms with Crippen molar-refractivity contribution in [3.63, 3.8) is 0 Å². The van der Waals surface area contributed by atoms with E-state index in [4.69, 9.17) is 11.6 Å². The molecule has 0 aliphatic carbocycles. The van der Waals surface area contributed by atoms with E-state index in [1.165, 1.54) is 0 Å². The fraction of sp³-hybridized carbons (Fsp3) is 0.611. The molecule has 1 amide bonds. The topological polar surface area (TPSA) is 69.7 Å². The maximum Gasteiger partial charge on any atom is 0.240 e. The van der Waals surface area contributed by atoms with Gasteiger partial charge < -0.3 is 10.2 Å². The Labute approximate surface area is 161 Å². The Hall–Kier alpha value is -1.31. The lowest BCUT2D eigenvalue weighted by Gasteiger charge is -2.29. The van der Waals surface area contributed by atoms with Crippen LogP contribution in [-0.4, -0.2) is 58.7 Å². The number of amides is 1. The van der Waals surface area contributed by atoms with Crippen LogP contribution in [0.2, 0.25) is 5.02 Å². The first-order valence-electron chi connectivity index (χ1n) is 8.86. The molecule has 1 aliphatic rings. The van der Waals surface area contributed by atoms with E-state index in [0.717, 1.165) is 42.9 Å². The summed E-state index contributed by atoms with van der Waals surface area (Å²) in [7, 11) is -1.47. The molecule has 146 valence electrons. The molecule has 1 aromatic rings. The Bertz CT molecular complexity index is 731. The number of rotatable bonds is 7. The van der Waals surface area contributed by atoms with Gasteiger partial charge in [-0.25, -0.2) is 8.42 Å². The minimum atomic E-state index is -3.60. The molecular formula is C18H28ClN3O3S. The van der Waals surface area contributed by atoms with Crippen LogP contribution in [-0.2, 0) is 14.8 Å². The van der Waals surface area contributed by atoms with Crippen LogP contribution in [0.15, 0.2) is 18.2 Å². The predicted molar refractivity (Wildman–Crippen MR) is 106 cm³/mol. The van der Waals surface area contributed by atoms with Crippen molar-refractivity contribution >= 4 is 33.2 Å². The van der Waals surface area contributed by atoms with E-state index in [0.29, 0.717) is 28.7 Å². The van der Waals surface area contributed by atoms with Crippen molar-refractivity contribution in [1.82, 2.24) is 10.2 Å². The molecule has 6 nitrogen and oxygen atoms in total. The number of carbonyl (C=O) groups excluding carboxylic acids is 1. The largest absolute Gasteiger partial charge is 0.355 e. The summed E-state index contributed by atoms with van der Waals surface area (Å²) in [6.45, 7) is 4.25. The highest BCUT2D eigenvalue weighted by atomic mass is 35.5. The van der Waals surface area contributed by atoms with E-state index >= 15 is 0 Å². The van der Waals surface area contributed by atoms with Gasteiger partial charge in [-0.05, 0) is 69.9 Å². The molecule has 1 fully saturated rings. The van der Waals surface area contributed by atoms with Gasteiger partial charge in [0, 0.05) is 11.6 Å². The summed E-state index contributed by atoms with van der Waals surface area (Å²) in [5.74, 6) is 0.315. The average Bonchev–Trinajstić information content (AvgIpc) is 2.56. The molecule has 8 heteroatoms. The van der Waals surface area contributed by atoms with E-state index in [1.807, 2.05) is 0 Å². The van der Waals surface area contributed by atoms with Crippen LogP contribution >= 0.6 is 11.6 Å². The minimum Gasteiger partial charge on any atom is -0.355 e. The fourth-order valence-corrected chi connectivity index (χ4v) is 4.28. The van der Waals surface area contributed by atoms with E-state index in [9.17, 15) is 13.2 Å². The van der Waals surface area contributed by atoms with Crippen molar-refractivity contribution < 1.29 is 13.2 Å². The van der Waals surface area contributed by atoms with Crippen LogP contribution in [0.3, 0.4) is 0 Å². The number of benzene rings is 1. The Morgan fingerprint density at radius 1 is 1.35 bits per heavy atom. The molecule has 1 N–H and O–H groups in total. The number of anilines is 1. The van der Waals surface area contributed by atoms with E-state index in [2.05, 4.69) is 17.3 Å². The van der Waals surface area contributed by atoms with Crippen LogP contribution in [0.5, 0.6) is 0 Å². The zero-order valence-electron chi connectivity index (χ0n) is 15.7. The third kappa shape index (κ3) is 5.86. The lowest BCUT2D eigenvalue weighted by molar-refractivity contribution is -0.119. The van der Waals surface area contributed by atoms with Gasteiger partial charge in [0.25, 0.3) is 0 Å². The molecule has 1 aromatic carbocycles. The molecule has 0 bridgehead atoms. The second-order valence-electron chi connectivity index (χ2n) is 7.04. The van der Waals surface area contributed by atoms with Gasteiger partial charge in [-0.3, -0.25) is 9.10 Å². The number of sulfonamides is 1. The third-order valence-corrected chi connectivity index (χ3v) is 6.44. The second kappa shape index (κ2) is 9.06. The maximum absolute atomic E-state index is 12.3. The summed E-state index contributed by atoms with van der Waals surface area (Å²) in [4.78, 5) is 14.6. The van der Waals surface area contributed by atoms with E-state index in [-0.39, 0.29) is 12.5 Å². The van der Waals surface area contributed by atoms with Crippen molar-refractivity contribution in [2.75, 3.05) is 43.8 Å². The molecule has 2 rings (SSSR count). The number of hydrogen-bond acceptors (Lipinski definition) is 4. The normalized spacial score (nSPS) is 16.5. The number of halogens is 1. The summed E-state index contributed by atoms with van der Waals surface area (Å²) >= 11 is 6.10. The summed E-state index contributed by atoms with van der Waals surface area (Å²) in [6.07, 6.45) is 4.31. The van der Waals surface area contributed by atoms with Gasteiger partial charge in [-0.2, -0.15) is 0 Å². The number of carbonyl (C=O) groups is 1. The summed E-state index contributed by atoms with van der Waals surface area (Å²) in [5.41, 5.74) is 1.07. The van der Waals surface area contributed by atoms with Crippen LogP contribution in [0.25, 0.3) is 0 Å². The van der Waals surface area contributed by atoms with E-state index in [1.54, 1.807) is 25.1 Å². The number of nitrogens with one attached hydrogen (secondary N) is 1. The standard InChI is InChI=1S/C18H28ClN3O3S/c1-14-16(19)5-4-6-17(14)22(26(3,24)25)13-18(23)20-10-7-15-8-11-21(2)12-9-15/h4-6,15H,7-13H2,1-3H3,(H,20,23). The summed E-state index contributed by atoms with van der Waals surface area (Å²) in [6, 6.07) is 5.04. The number of hydrogen-bond donors (Lipinski definition) is 1. The lowest BCUT2D eigenvalue weighted by atomic mass is 9.94. The number of piperidine rings is 1. The van der Waals surface area contributed by atoms with Gasteiger partial charge in [0.2, 0.25) is 15.9 Å². The van der Waals surface area contributed by atoms with Gasteiger partial charge in [0.05, 0.1) is 11.9 Å². The molecule has 1 aliphatic heterocycles. The Kier molecular flexibility index (Phi) is 7.32. The molecular weight excluding hydrogens is 374 g/mol. The van der Waals surface area contributed by atoms with Crippen molar-refractivity contribution in [2.45, 2.75) is 26.2 Å². The van der Waals surface area contributed by atoms with Crippen LogP contribution < -0.4 is 9.62 Å². The van der Waals surface area contributed by atoms with Crippen molar-refractivity contribution in [2.24, 2.45) is 5.92 Å². The number of likely N-dealkylation sites (tertiary alicyclic amines) is 1. The Balaban J connectivity index is 1.94. The number of nitrogens with zero attached hydrogens (tertiary/aromatic N) is 2. The van der Waals surface area contributed by atoms with Gasteiger partial charge in [-0.15, -0.1) is 0 Å². The van der Waals surface area contributed by atoms with Crippen LogP contribution in [0.4, 0.5) is 5.69 Å². The summed E-state index contributed by atoms with van der Waals surface area (Å²) in [5, 5.41) is 3.33. The van der Waals surface area contributed by atoms with Crippen LogP contribution in [0, 0.1) is 12.8 Å². The zero-order chi connectivity index (χ0) is 19.3. The monoisotopic (exact) mass is 401 g/mol. The highest BCUT2D eigenvalue weighted by molar-refractivity contribution is 7.92. The second-order valence-corrected chi connectivity index (χ2v) is 9.35.